The molecule has 3 rings (SSSR count). The summed E-state index contributed by atoms with van der Waals surface area (Å²) in [6.07, 6.45) is 6.37. The van der Waals surface area contributed by atoms with Crippen LogP contribution in [0.3, 0.4) is 0 Å². The van der Waals surface area contributed by atoms with E-state index < -0.39 is 0 Å². The van der Waals surface area contributed by atoms with Gasteiger partial charge < -0.3 is 10.2 Å². The van der Waals surface area contributed by atoms with E-state index in [1.165, 1.54) is 12.6 Å². The summed E-state index contributed by atoms with van der Waals surface area (Å²) in [6, 6.07) is 10.5. The van der Waals surface area contributed by atoms with Gasteiger partial charge >= 0.3 is 0 Å². The highest BCUT2D eigenvalue weighted by Crippen LogP contribution is 2.20. The lowest BCUT2D eigenvalue weighted by molar-refractivity contribution is 0.0725. The van der Waals surface area contributed by atoms with Crippen LogP contribution >= 0.6 is 0 Å². The second kappa shape index (κ2) is 7.05. The molecule has 0 spiro atoms. The van der Waals surface area contributed by atoms with Crippen molar-refractivity contribution in [1.82, 2.24) is 9.88 Å². The molecule has 0 radical (unpaired) electrons. The molecule has 23 heavy (non-hydrogen) atoms. The summed E-state index contributed by atoms with van der Waals surface area (Å²) in [5.74, 6) is -0.288. The monoisotopic (exact) mass is 309 g/mol. The number of hydrogen-bond donors (Lipinski definition) is 1. The number of nitrogens with zero attached hydrogens (tertiary/aromatic N) is 2. The van der Waals surface area contributed by atoms with E-state index in [-0.39, 0.29) is 11.8 Å². The van der Waals surface area contributed by atoms with Crippen molar-refractivity contribution in [3.8, 4) is 0 Å². The summed E-state index contributed by atoms with van der Waals surface area (Å²) in [5, 5.41) is 2.82. The van der Waals surface area contributed by atoms with Crippen LogP contribution in [0.2, 0.25) is 0 Å². The Kier molecular flexibility index (Phi) is 4.66. The minimum absolute atomic E-state index is 0.0215. The first-order chi connectivity index (χ1) is 11.3. The van der Waals surface area contributed by atoms with Crippen LogP contribution in [0.25, 0.3) is 0 Å². The Balaban J connectivity index is 1.80. The van der Waals surface area contributed by atoms with Gasteiger partial charge in [-0.25, -0.2) is 0 Å². The minimum atomic E-state index is -0.267. The van der Waals surface area contributed by atoms with Crippen molar-refractivity contribution in [2.45, 2.75) is 19.3 Å². The number of benzene rings is 1. The van der Waals surface area contributed by atoms with Gasteiger partial charge in [-0.2, -0.15) is 0 Å². The topological polar surface area (TPSA) is 62.3 Å². The Morgan fingerprint density at radius 3 is 2.52 bits per heavy atom. The summed E-state index contributed by atoms with van der Waals surface area (Å²) in [6.45, 7) is 1.56. The van der Waals surface area contributed by atoms with Crippen molar-refractivity contribution >= 4 is 17.5 Å². The van der Waals surface area contributed by atoms with Crippen molar-refractivity contribution in [1.29, 1.82) is 0 Å². The van der Waals surface area contributed by atoms with E-state index in [2.05, 4.69) is 10.3 Å². The zero-order chi connectivity index (χ0) is 16.1. The smallest absolute Gasteiger partial charge is 0.257 e. The molecule has 5 heteroatoms. The average molecular weight is 309 g/mol. The zero-order valence-corrected chi connectivity index (χ0v) is 12.9. The molecule has 0 aliphatic carbocycles. The van der Waals surface area contributed by atoms with Crippen molar-refractivity contribution in [3.05, 3.63) is 59.9 Å². The van der Waals surface area contributed by atoms with Gasteiger partial charge in [-0.1, -0.05) is 12.1 Å². The molecule has 0 unspecified atom stereocenters. The maximum atomic E-state index is 12.7. The number of carbonyl (C=O) groups excluding carboxylic acids is 2. The molecule has 2 amide bonds. The van der Waals surface area contributed by atoms with E-state index in [0.29, 0.717) is 16.8 Å². The molecular formula is C18H19N3O2. The molecule has 118 valence electrons. The van der Waals surface area contributed by atoms with Gasteiger partial charge in [0.15, 0.2) is 0 Å². The van der Waals surface area contributed by atoms with Crippen LogP contribution in [0.15, 0.2) is 48.8 Å². The number of carbonyl (C=O) groups is 2. The molecule has 1 aliphatic heterocycles. The highest BCUT2D eigenvalue weighted by molar-refractivity contribution is 6.08. The highest BCUT2D eigenvalue weighted by atomic mass is 16.2. The zero-order valence-electron chi connectivity index (χ0n) is 12.9. The van der Waals surface area contributed by atoms with E-state index in [9.17, 15) is 9.59 Å². The van der Waals surface area contributed by atoms with Crippen molar-refractivity contribution in [3.63, 3.8) is 0 Å². The first-order valence-electron chi connectivity index (χ1n) is 7.85. The third-order valence-corrected chi connectivity index (χ3v) is 3.97. The first kappa shape index (κ1) is 15.2. The summed E-state index contributed by atoms with van der Waals surface area (Å²) in [5.41, 5.74) is 1.54. The Morgan fingerprint density at radius 1 is 1.00 bits per heavy atom. The lowest BCUT2D eigenvalue weighted by atomic mass is 10.1. The maximum absolute atomic E-state index is 12.7. The number of anilines is 1. The Hall–Kier alpha value is -2.69. The molecule has 5 nitrogen and oxygen atoms in total. The number of likely N-dealkylation sites (tertiary alicyclic amines) is 1. The summed E-state index contributed by atoms with van der Waals surface area (Å²) >= 11 is 0. The molecule has 0 bridgehead atoms. The number of piperidine rings is 1. The summed E-state index contributed by atoms with van der Waals surface area (Å²) < 4.78 is 0. The normalized spacial score (nSPS) is 14.3. The van der Waals surface area contributed by atoms with E-state index >= 15 is 0 Å². The van der Waals surface area contributed by atoms with E-state index in [4.69, 9.17) is 0 Å². The molecule has 2 heterocycles. The third-order valence-electron chi connectivity index (χ3n) is 3.97. The minimum Gasteiger partial charge on any atom is -0.339 e. The number of amides is 2. The molecule has 1 aromatic heterocycles. The molecular weight excluding hydrogens is 290 g/mol. The molecule has 0 saturated carbocycles. The van der Waals surface area contributed by atoms with Crippen molar-refractivity contribution in [2.75, 3.05) is 18.4 Å². The standard InChI is InChI=1S/C18H19N3O2/c22-17(14-7-6-10-19-13-14)20-16-9-3-2-8-15(16)18(23)21-11-4-1-5-12-21/h2-3,6-10,13H,1,4-5,11-12H2,(H,20,22). The molecule has 1 fully saturated rings. The van der Waals surface area contributed by atoms with Crippen molar-refractivity contribution < 1.29 is 9.59 Å². The quantitative estimate of drug-likeness (QED) is 0.948. The average Bonchev–Trinajstić information content (AvgIpc) is 2.63. The van der Waals surface area contributed by atoms with E-state index in [1.54, 1.807) is 30.5 Å². The van der Waals surface area contributed by atoms with Gasteiger partial charge in [0, 0.05) is 25.5 Å². The molecule has 1 N–H and O–H groups in total. The van der Waals surface area contributed by atoms with E-state index in [1.807, 2.05) is 17.0 Å². The van der Waals surface area contributed by atoms with Gasteiger partial charge in [-0.3, -0.25) is 14.6 Å². The van der Waals surface area contributed by atoms with Crippen molar-refractivity contribution in [2.24, 2.45) is 0 Å². The van der Waals surface area contributed by atoms with Crippen LogP contribution in [0.4, 0.5) is 5.69 Å². The number of pyridine rings is 1. The maximum Gasteiger partial charge on any atom is 0.257 e. The number of aromatic nitrogens is 1. The number of para-hydroxylation sites is 1. The van der Waals surface area contributed by atoms with Gasteiger partial charge in [0.2, 0.25) is 0 Å². The first-order valence-corrected chi connectivity index (χ1v) is 7.85. The van der Waals surface area contributed by atoms with Crippen LogP contribution in [0.5, 0.6) is 0 Å². The number of hydrogen-bond acceptors (Lipinski definition) is 3. The number of rotatable bonds is 3. The fourth-order valence-electron chi connectivity index (χ4n) is 2.74. The molecule has 0 atom stereocenters. The number of nitrogens with one attached hydrogen (secondary N) is 1. The van der Waals surface area contributed by atoms with Crippen LogP contribution < -0.4 is 5.32 Å². The predicted molar refractivity (Wildman–Crippen MR) is 88.4 cm³/mol. The SMILES string of the molecule is O=C(Nc1ccccc1C(=O)N1CCCCC1)c1cccnc1. The fourth-order valence-corrected chi connectivity index (χ4v) is 2.74. The Bertz CT molecular complexity index is 694. The largest absolute Gasteiger partial charge is 0.339 e. The lowest BCUT2D eigenvalue weighted by Crippen LogP contribution is -2.36. The Labute approximate surface area is 135 Å². The predicted octanol–water partition coefficient (Wildman–Crippen LogP) is 2.96. The molecule has 1 aromatic carbocycles. The van der Waals surface area contributed by atoms with Crippen LogP contribution in [0, 0.1) is 0 Å². The highest BCUT2D eigenvalue weighted by Gasteiger charge is 2.21. The van der Waals surface area contributed by atoms with E-state index in [0.717, 1.165) is 25.9 Å². The third kappa shape index (κ3) is 3.56. The second-order valence-corrected chi connectivity index (χ2v) is 5.59. The second-order valence-electron chi connectivity index (χ2n) is 5.59. The van der Waals surface area contributed by atoms with Gasteiger partial charge in [0.05, 0.1) is 16.8 Å². The van der Waals surface area contributed by atoms with Crippen LogP contribution in [-0.4, -0.2) is 34.8 Å². The van der Waals surface area contributed by atoms with Gasteiger partial charge in [-0.15, -0.1) is 0 Å². The molecule has 1 saturated heterocycles. The van der Waals surface area contributed by atoms with Gasteiger partial charge in [0.25, 0.3) is 11.8 Å². The summed E-state index contributed by atoms with van der Waals surface area (Å²) in [4.78, 5) is 30.8. The fraction of sp³-hybridized carbons (Fsp3) is 0.278. The summed E-state index contributed by atoms with van der Waals surface area (Å²) in [7, 11) is 0. The lowest BCUT2D eigenvalue weighted by Gasteiger charge is -2.27. The van der Waals surface area contributed by atoms with Crippen LogP contribution in [-0.2, 0) is 0 Å². The molecule has 2 aromatic rings. The Morgan fingerprint density at radius 2 is 1.78 bits per heavy atom. The van der Waals surface area contributed by atoms with Crippen LogP contribution in [0.1, 0.15) is 40.0 Å². The van der Waals surface area contributed by atoms with Gasteiger partial charge in [-0.05, 0) is 43.5 Å². The van der Waals surface area contributed by atoms with Gasteiger partial charge in [0.1, 0.15) is 0 Å². The molecule has 1 aliphatic rings.